The number of carbonyl (C=O) groups excluding carboxylic acids is 1. The van der Waals surface area contributed by atoms with Gasteiger partial charge in [0.2, 0.25) is 0 Å². The molecule has 0 aliphatic rings. The maximum absolute atomic E-state index is 10.9. The molecule has 3 heteroatoms. The van der Waals surface area contributed by atoms with Crippen molar-refractivity contribution in [2.24, 2.45) is 7.05 Å². The molecule has 0 atom stereocenters. The molecule has 0 saturated heterocycles. The van der Waals surface area contributed by atoms with Gasteiger partial charge in [0.05, 0.1) is 0 Å². The van der Waals surface area contributed by atoms with Crippen molar-refractivity contribution in [3.05, 3.63) is 30.0 Å². The standard InChI is InChI=1S/C12H14N2O/c1-13(2)10-4-5-12-11(6-10)9(8-15)7-14(12)3/h4-8H,1-3H3. The smallest absolute Gasteiger partial charge is 0.152 e. The lowest BCUT2D eigenvalue weighted by Gasteiger charge is -2.12. The summed E-state index contributed by atoms with van der Waals surface area (Å²) in [5, 5.41) is 1.01. The molecule has 0 saturated carbocycles. The summed E-state index contributed by atoms with van der Waals surface area (Å²) in [7, 11) is 5.93. The van der Waals surface area contributed by atoms with E-state index in [2.05, 4.69) is 6.07 Å². The van der Waals surface area contributed by atoms with Crippen molar-refractivity contribution in [3.8, 4) is 0 Å². The Morgan fingerprint density at radius 1 is 1.33 bits per heavy atom. The van der Waals surface area contributed by atoms with Gasteiger partial charge >= 0.3 is 0 Å². The molecule has 0 aliphatic carbocycles. The van der Waals surface area contributed by atoms with Crippen LogP contribution in [0.3, 0.4) is 0 Å². The van der Waals surface area contributed by atoms with Crippen LogP contribution in [0.25, 0.3) is 10.9 Å². The third-order valence-electron chi connectivity index (χ3n) is 2.65. The topological polar surface area (TPSA) is 25.2 Å². The highest BCUT2D eigenvalue weighted by atomic mass is 16.1. The van der Waals surface area contributed by atoms with Gasteiger partial charge < -0.3 is 9.47 Å². The predicted octanol–water partition coefficient (Wildman–Crippen LogP) is 2.06. The molecule has 0 amide bonds. The van der Waals surface area contributed by atoms with Gasteiger partial charge in [0.1, 0.15) is 0 Å². The summed E-state index contributed by atoms with van der Waals surface area (Å²) in [6.07, 6.45) is 2.76. The van der Waals surface area contributed by atoms with Gasteiger partial charge in [0, 0.05) is 49.5 Å². The normalized spacial score (nSPS) is 10.6. The van der Waals surface area contributed by atoms with Gasteiger partial charge in [-0.1, -0.05) is 0 Å². The Balaban J connectivity index is 2.73. The van der Waals surface area contributed by atoms with Crippen LogP contribution < -0.4 is 4.90 Å². The molecule has 0 radical (unpaired) electrons. The van der Waals surface area contributed by atoms with E-state index in [-0.39, 0.29) is 0 Å². The molecule has 2 aromatic rings. The van der Waals surface area contributed by atoms with Gasteiger partial charge in [-0.25, -0.2) is 0 Å². The molecule has 2 rings (SSSR count). The molecule has 1 aromatic heterocycles. The van der Waals surface area contributed by atoms with Crippen LogP contribution in [0.4, 0.5) is 5.69 Å². The third kappa shape index (κ3) is 1.50. The Labute approximate surface area is 88.9 Å². The monoisotopic (exact) mass is 202 g/mol. The Morgan fingerprint density at radius 2 is 2.07 bits per heavy atom. The summed E-state index contributed by atoms with van der Waals surface area (Å²) in [5.41, 5.74) is 2.94. The first-order valence-corrected chi connectivity index (χ1v) is 4.85. The van der Waals surface area contributed by atoms with Gasteiger partial charge in [0.15, 0.2) is 6.29 Å². The van der Waals surface area contributed by atoms with Crippen LogP contribution in [-0.4, -0.2) is 24.9 Å². The number of hydrogen-bond acceptors (Lipinski definition) is 2. The molecule has 78 valence electrons. The summed E-state index contributed by atoms with van der Waals surface area (Å²) in [6, 6.07) is 6.13. The summed E-state index contributed by atoms with van der Waals surface area (Å²) in [6.45, 7) is 0. The Hall–Kier alpha value is -1.77. The molecule has 0 bridgehead atoms. The van der Waals surface area contributed by atoms with Crippen LogP contribution in [0.15, 0.2) is 24.4 Å². The summed E-state index contributed by atoms with van der Waals surface area (Å²) in [5.74, 6) is 0. The molecular weight excluding hydrogens is 188 g/mol. The van der Waals surface area contributed by atoms with Crippen molar-refractivity contribution >= 4 is 22.9 Å². The van der Waals surface area contributed by atoms with Gasteiger partial charge in [-0.3, -0.25) is 4.79 Å². The lowest BCUT2D eigenvalue weighted by molar-refractivity contribution is 0.112. The van der Waals surface area contributed by atoms with Crippen molar-refractivity contribution in [2.75, 3.05) is 19.0 Å². The van der Waals surface area contributed by atoms with Crippen LogP contribution in [0, 0.1) is 0 Å². The highest BCUT2D eigenvalue weighted by Gasteiger charge is 2.06. The van der Waals surface area contributed by atoms with Gasteiger partial charge in [0.25, 0.3) is 0 Å². The molecule has 0 fully saturated rings. The minimum Gasteiger partial charge on any atom is -0.378 e. The number of aldehydes is 1. The number of nitrogens with zero attached hydrogens (tertiary/aromatic N) is 2. The SMILES string of the molecule is CN(C)c1ccc2c(c1)c(C=O)cn2C. The molecule has 0 spiro atoms. The third-order valence-corrected chi connectivity index (χ3v) is 2.65. The van der Waals surface area contributed by atoms with Gasteiger partial charge in [-0.2, -0.15) is 0 Å². The summed E-state index contributed by atoms with van der Waals surface area (Å²) >= 11 is 0. The first-order valence-electron chi connectivity index (χ1n) is 4.85. The lowest BCUT2D eigenvalue weighted by Crippen LogP contribution is -2.08. The highest BCUT2D eigenvalue weighted by molar-refractivity contribution is 5.99. The lowest BCUT2D eigenvalue weighted by atomic mass is 10.1. The second-order valence-electron chi connectivity index (χ2n) is 3.91. The van der Waals surface area contributed by atoms with Crippen molar-refractivity contribution in [3.63, 3.8) is 0 Å². The zero-order valence-corrected chi connectivity index (χ0v) is 9.19. The quantitative estimate of drug-likeness (QED) is 0.696. The molecular formula is C12H14N2O. The summed E-state index contributed by atoms with van der Waals surface area (Å²) < 4.78 is 1.97. The van der Waals surface area contributed by atoms with Gasteiger partial charge in [-0.05, 0) is 18.2 Å². The average molecular weight is 202 g/mol. The first kappa shape index (κ1) is 9.77. The summed E-state index contributed by atoms with van der Waals surface area (Å²) in [4.78, 5) is 12.9. The van der Waals surface area contributed by atoms with E-state index in [0.29, 0.717) is 0 Å². The largest absolute Gasteiger partial charge is 0.378 e. The van der Waals surface area contributed by atoms with E-state index in [1.807, 2.05) is 48.9 Å². The zero-order valence-electron chi connectivity index (χ0n) is 9.19. The van der Waals surface area contributed by atoms with E-state index in [1.165, 1.54) is 0 Å². The zero-order chi connectivity index (χ0) is 11.0. The van der Waals surface area contributed by atoms with Crippen molar-refractivity contribution in [1.82, 2.24) is 4.57 Å². The molecule has 1 heterocycles. The Bertz CT molecular complexity index is 512. The number of benzene rings is 1. The Morgan fingerprint density at radius 3 is 2.67 bits per heavy atom. The fraction of sp³-hybridized carbons (Fsp3) is 0.250. The van der Waals surface area contributed by atoms with Crippen molar-refractivity contribution in [1.29, 1.82) is 0 Å². The van der Waals surface area contributed by atoms with Crippen LogP contribution in [0.2, 0.25) is 0 Å². The van der Waals surface area contributed by atoms with E-state index >= 15 is 0 Å². The molecule has 0 N–H and O–H groups in total. The average Bonchev–Trinajstić information content (AvgIpc) is 2.55. The van der Waals surface area contributed by atoms with E-state index < -0.39 is 0 Å². The number of aryl methyl sites for hydroxylation is 1. The van der Waals surface area contributed by atoms with Crippen molar-refractivity contribution in [2.45, 2.75) is 0 Å². The number of anilines is 1. The molecule has 0 aliphatic heterocycles. The van der Waals surface area contributed by atoms with E-state index in [4.69, 9.17) is 0 Å². The van der Waals surface area contributed by atoms with E-state index in [0.717, 1.165) is 28.4 Å². The van der Waals surface area contributed by atoms with Crippen LogP contribution in [-0.2, 0) is 7.05 Å². The molecule has 1 aromatic carbocycles. The minimum absolute atomic E-state index is 0.746. The second kappa shape index (κ2) is 3.42. The Kier molecular flexibility index (Phi) is 2.23. The van der Waals surface area contributed by atoms with Crippen LogP contribution in [0.5, 0.6) is 0 Å². The molecule has 15 heavy (non-hydrogen) atoms. The van der Waals surface area contributed by atoms with Crippen LogP contribution >= 0.6 is 0 Å². The van der Waals surface area contributed by atoms with Crippen molar-refractivity contribution < 1.29 is 4.79 Å². The van der Waals surface area contributed by atoms with Crippen LogP contribution in [0.1, 0.15) is 10.4 Å². The fourth-order valence-electron chi connectivity index (χ4n) is 1.78. The van der Waals surface area contributed by atoms with Gasteiger partial charge in [-0.15, -0.1) is 0 Å². The fourth-order valence-corrected chi connectivity index (χ4v) is 1.78. The number of rotatable bonds is 2. The van der Waals surface area contributed by atoms with E-state index in [9.17, 15) is 4.79 Å². The second-order valence-corrected chi connectivity index (χ2v) is 3.91. The number of fused-ring (bicyclic) bond motifs is 1. The maximum Gasteiger partial charge on any atom is 0.152 e. The number of aromatic nitrogens is 1. The minimum atomic E-state index is 0.746. The predicted molar refractivity (Wildman–Crippen MR) is 62.6 cm³/mol. The maximum atomic E-state index is 10.9. The number of carbonyl (C=O) groups is 1. The van der Waals surface area contributed by atoms with E-state index in [1.54, 1.807) is 0 Å². The molecule has 3 nitrogen and oxygen atoms in total. The highest BCUT2D eigenvalue weighted by Crippen LogP contribution is 2.24. The first-order chi connectivity index (χ1) is 7.13. The number of hydrogen-bond donors (Lipinski definition) is 0. The molecule has 0 unspecified atom stereocenters.